The summed E-state index contributed by atoms with van der Waals surface area (Å²) in [6, 6.07) is 5.43. The maximum absolute atomic E-state index is 12.5. The van der Waals surface area contributed by atoms with Gasteiger partial charge in [0.15, 0.2) is 0 Å². The molecule has 0 aliphatic rings. The van der Waals surface area contributed by atoms with E-state index in [0.717, 1.165) is 19.0 Å². The SMILES string of the molecule is CC(Cl)CCN(C)Cc1cccc(C(F)(F)F)c1. The van der Waals surface area contributed by atoms with Gasteiger partial charge in [-0.3, -0.25) is 0 Å². The monoisotopic (exact) mass is 279 g/mol. The first-order valence-corrected chi connectivity index (χ1v) is 6.21. The number of rotatable bonds is 5. The van der Waals surface area contributed by atoms with Crippen LogP contribution in [0.5, 0.6) is 0 Å². The molecule has 0 heterocycles. The second-order valence-electron chi connectivity index (χ2n) is 4.51. The minimum atomic E-state index is -4.28. The quantitative estimate of drug-likeness (QED) is 0.732. The van der Waals surface area contributed by atoms with Crippen LogP contribution in [0.25, 0.3) is 0 Å². The fourth-order valence-corrected chi connectivity index (χ4v) is 1.73. The van der Waals surface area contributed by atoms with E-state index in [-0.39, 0.29) is 5.38 Å². The first-order valence-electron chi connectivity index (χ1n) is 5.78. The normalized spacial score (nSPS) is 13.9. The summed E-state index contributed by atoms with van der Waals surface area (Å²) in [6.45, 7) is 3.16. The van der Waals surface area contributed by atoms with Crippen molar-refractivity contribution in [1.82, 2.24) is 4.90 Å². The number of halogens is 4. The number of hydrogen-bond acceptors (Lipinski definition) is 1. The zero-order valence-corrected chi connectivity index (χ0v) is 11.2. The Balaban J connectivity index is 2.62. The van der Waals surface area contributed by atoms with Gasteiger partial charge in [0.1, 0.15) is 0 Å². The lowest BCUT2D eigenvalue weighted by Crippen LogP contribution is -2.21. The first-order chi connectivity index (χ1) is 8.29. The third-order valence-electron chi connectivity index (χ3n) is 2.62. The van der Waals surface area contributed by atoms with Crippen molar-refractivity contribution in [2.75, 3.05) is 13.6 Å². The van der Waals surface area contributed by atoms with Crippen LogP contribution in [0.15, 0.2) is 24.3 Å². The number of alkyl halides is 4. The van der Waals surface area contributed by atoms with E-state index in [1.165, 1.54) is 12.1 Å². The molecule has 0 N–H and O–H groups in total. The van der Waals surface area contributed by atoms with Crippen LogP contribution >= 0.6 is 11.6 Å². The van der Waals surface area contributed by atoms with E-state index in [4.69, 9.17) is 11.6 Å². The molecular weight excluding hydrogens is 263 g/mol. The minimum Gasteiger partial charge on any atom is -0.302 e. The van der Waals surface area contributed by atoms with Crippen molar-refractivity contribution in [3.63, 3.8) is 0 Å². The molecule has 0 aliphatic heterocycles. The highest BCUT2D eigenvalue weighted by Crippen LogP contribution is 2.29. The van der Waals surface area contributed by atoms with Crippen molar-refractivity contribution < 1.29 is 13.2 Å². The number of benzene rings is 1. The van der Waals surface area contributed by atoms with Crippen LogP contribution in [0.4, 0.5) is 13.2 Å². The molecule has 1 unspecified atom stereocenters. The average molecular weight is 280 g/mol. The Bertz CT molecular complexity index is 377. The predicted molar refractivity (Wildman–Crippen MR) is 67.7 cm³/mol. The van der Waals surface area contributed by atoms with Crippen molar-refractivity contribution >= 4 is 11.6 Å². The van der Waals surface area contributed by atoms with E-state index in [9.17, 15) is 13.2 Å². The lowest BCUT2D eigenvalue weighted by molar-refractivity contribution is -0.137. The molecule has 0 saturated heterocycles. The van der Waals surface area contributed by atoms with Gasteiger partial charge in [-0.25, -0.2) is 0 Å². The van der Waals surface area contributed by atoms with Crippen molar-refractivity contribution in [3.8, 4) is 0 Å². The van der Waals surface area contributed by atoms with E-state index >= 15 is 0 Å². The second kappa shape index (κ2) is 6.43. The van der Waals surface area contributed by atoms with Crippen LogP contribution in [-0.2, 0) is 12.7 Å². The summed E-state index contributed by atoms with van der Waals surface area (Å²) in [7, 11) is 1.87. The topological polar surface area (TPSA) is 3.24 Å². The number of hydrogen-bond donors (Lipinski definition) is 0. The van der Waals surface area contributed by atoms with Crippen LogP contribution in [-0.4, -0.2) is 23.9 Å². The molecule has 0 aromatic heterocycles. The molecule has 1 aromatic carbocycles. The van der Waals surface area contributed by atoms with Crippen LogP contribution in [0, 0.1) is 0 Å². The summed E-state index contributed by atoms with van der Waals surface area (Å²) in [5.74, 6) is 0. The molecule has 102 valence electrons. The highest BCUT2D eigenvalue weighted by Gasteiger charge is 2.30. The fraction of sp³-hybridized carbons (Fsp3) is 0.538. The second-order valence-corrected chi connectivity index (χ2v) is 5.25. The molecule has 1 aromatic rings. The molecule has 0 aliphatic carbocycles. The fourth-order valence-electron chi connectivity index (χ4n) is 1.64. The van der Waals surface area contributed by atoms with Crippen LogP contribution < -0.4 is 0 Å². The lowest BCUT2D eigenvalue weighted by atomic mass is 10.1. The summed E-state index contributed by atoms with van der Waals surface area (Å²) < 4.78 is 37.6. The molecule has 18 heavy (non-hydrogen) atoms. The zero-order valence-electron chi connectivity index (χ0n) is 10.5. The average Bonchev–Trinajstić information content (AvgIpc) is 2.25. The molecular formula is C13H17ClF3N. The third kappa shape index (κ3) is 5.27. The Morgan fingerprint density at radius 3 is 2.56 bits per heavy atom. The van der Waals surface area contributed by atoms with Crippen molar-refractivity contribution in [2.45, 2.75) is 31.4 Å². The Hall–Kier alpha value is -0.740. The largest absolute Gasteiger partial charge is 0.416 e. The molecule has 0 spiro atoms. The van der Waals surface area contributed by atoms with Gasteiger partial charge in [-0.05, 0) is 38.6 Å². The summed E-state index contributed by atoms with van der Waals surface area (Å²) in [5.41, 5.74) is 0.0636. The van der Waals surface area contributed by atoms with E-state index < -0.39 is 11.7 Å². The Kier molecular flexibility index (Phi) is 5.47. The third-order valence-corrected chi connectivity index (χ3v) is 2.83. The van der Waals surface area contributed by atoms with Gasteiger partial charge in [-0.15, -0.1) is 11.6 Å². The Morgan fingerprint density at radius 2 is 2.00 bits per heavy atom. The highest BCUT2D eigenvalue weighted by atomic mass is 35.5. The molecule has 0 fully saturated rings. The van der Waals surface area contributed by atoms with Gasteiger partial charge in [0.25, 0.3) is 0 Å². The van der Waals surface area contributed by atoms with Crippen molar-refractivity contribution in [1.29, 1.82) is 0 Å². The summed E-state index contributed by atoms with van der Waals surface area (Å²) in [5, 5.41) is 0.0777. The smallest absolute Gasteiger partial charge is 0.302 e. The van der Waals surface area contributed by atoms with E-state index in [2.05, 4.69) is 0 Å². The Morgan fingerprint density at radius 1 is 1.33 bits per heavy atom. The summed E-state index contributed by atoms with van der Waals surface area (Å²) in [4.78, 5) is 1.97. The molecule has 0 radical (unpaired) electrons. The molecule has 0 bridgehead atoms. The molecule has 0 amide bonds. The summed E-state index contributed by atoms with van der Waals surface area (Å²) >= 11 is 5.83. The van der Waals surface area contributed by atoms with Crippen LogP contribution in [0.2, 0.25) is 0 Å². The predicted octanol–water partition coefficient (Wildman–Crippen LogP) is 4.15. The van der Waals surface area contributed by atoms with E-state index in [1.54, 1.807) is 6.07 Å². The van der Waals surface area contributed by atoms with E-state index in [1.807, 2.05) is 18.9 Å². The van der Waals surface area contributed by atoms with Crippen molar-refractivity contribution in [2.24, 2.45) is 0 Å². The van der Waals surface area contributed by atoms with Gasteiger partial charge in [0.2, 0.25) is 0 Å². The molecule has 0 saturated carbocycles. The van der Waals surface area contributed by atoms with Gasteiger partial charge in [-0.2, -0.15) is 13.2 Å². The maximum atomic E-state index is 12.5. The molecule has 1 atom stereocenters. The number of nitrogens with zero attached hydrogens (tertiary/aromatic N) is 1. The van der Waals surface area contributed by atoms with Gasteiger partial charge in [-0.1, -0.05) is 18.2 Å². The highest BCUT2D eigenvalue weighted by molar-refractivity contribution is 6.20. The summed E-state index contributed by atoms with van der Waals surface area (Å²) in [6.07, 6.45) is -3.46. The standard InChI is InChI=1S/C13H17ClF3N/c1-10(14)6-7-18(2)9-11-4-3-5-12(8-11)13(15,16)17/h3-5,8,10H,6-7,9H2,1-2H3. The van der Waals surface area contributed by atoms with Gasteiger partial charge in [0, 0.05) is 11.9 Å². The Labute approximate surface area is 111 Å². The van der Waals surface area contributed by atoms with Gasteiger partial charge >= 0.3 is 6.18 Å². The maximum Gasteiger partial charge on any atom is 0.416 e. The van der Waals surface area contributed by atoms with Crippen LogP contribution in [0.3, 0.4) is 0 Å². The molecule has 1 rings (SSSR count). The first kappa shape index (κ1) is 15.3. The molecule has 5 heteroatoms. The lowest BCUT2D eigenvalue weighted by Gasteiger charge is -2.18. The zero-order chi connectivity index (χ0) is 13.8. The molecule has 1 nitrogen and oxygen atoms in total. The van der Waals surface area contributed by atoms with Gasteiger partial charge in [0.05, 0.1) is 5.56 Å². The van der Waals surface area contributed by atoms with Gasteiger partial charge < -0.3 is 4.90 Å². The van der Waals surface area contributed by atoms with Crippen molar-refractivity contribution in [3.05, 3.63) is 35.4 Å². The van der Waals surface area contributed by atoms with E-state index in [0.29, 0.717) is 12.1 Å². The van der Waals surface area contributed by atoms with Crippen LogP contribution in [0.1, 0.15) is 24.5 Å². The minimum absolute atomic E-state index is 0.0777.